The summed E-state index contributed by atoms with van der Waals surface area (Å²) in [7, 11) is 1.61. The van der Waals surface area contributed by atoms with Crippen LogP contribution in [-0.4, -0.2) is 44.1 Å². The lowest BCUT2D eigenvalue weighted by Gasteiger charge is -2.27. The summed E-state index contributed by atoms with van der Waals surface area (Å²) in [5.74, 6) is 0.794. The minimum atomic E-state index is 0.0939. The van der Waals surface area contributed by atoms with E-state index >= 15 is 0 Å². The van der Waals surface area contributed by atoms with Crippen LogP contribution in [-0.2, 0) is 0 Å². The van der Waals surface area contributed by atoms with Gasteiger partial charge in [-0.1, -0.05) is 0 Å². The Morgan fingerprint density at radius 3 is 2.81 bits per heavy atom. The van der Waals surface area contributed by atoms with Gasteiger partial charge in [0.05, 0.1) is 7.11 Å². The molecule has 88 valence electrons. The number of piperazine rings is 1. The van der Waals surface area contributed by atoms with Gasteiger partial charge in [0.25, 0.3) is 5.91 Å². The Labute approximate surface area is 99.2 Å². The third-order valence-electron chi connectivity index (χ3n) is 2.64. The monoisotopic (exact) mass is 240 g/mol. The standard InChI is InChI=1S/C11H16N2O2S/c1-8-7-9(15-2)10(16-8)11(14)13-5-3-12-4-6-13/h7,12H,3-6H2,1-2H3. The highest BCUT2D eigenvalue weighted by molar-refractivity contribution is 7.14. The number of thiophene rings is 1. The van der Waals surface area contributed by atoms with Gasteiger partial charge >= 0.3 is 0 Å². The van der Waals surface area contributed by atoms with Crippen molar-refractivity contribution in [2.24, 2.45) is 0 Å². The maximum absolute atomic E-state index is 12.2. The fraction of sp³-hybridized carbons (Fsp3) is 0.545. The van der Waals surface area contributed by atoms with Crippen LogP contribution in [0.15, 0.2) is 6.07 Å². The number of rotatable bonds is 2. The Bertz CT molecular complexity index is 383. The summed E-state index contributed by atoms with van der Waals surface area (Å²) in [6.07, 6.45) is 0. The van der Waals surface area contributed by atoms with Gasteiger partial charge < -0.3 is 15.0 Å². The summed E-state index contributed by atoms with van der Waals surface area (Å²) in [4.78, 5) is 15.9. The van der Waals surface area contributed by atoms with Crippen LogP contribution in [0.25, 0.3) is 0 Å². The highest BCUT2D eigenvalue weighted by Crippen LogP contribution is 2.29. The molecule has 0 radical (unpaired) electrons. The van der Waals surface area contributed by atoms with Crippen LogP contribution >= 0.6 is 11.3 Å². The van der Waals surface area contributed by atoms with E-state index in [0.29, 0.717) is 5.75 Å². The minimum Gasteiger partial charge on any atom is -0.495 e. The van der Waals surface area contributed by atoms with Crippen LogP contribution < -0.4 is 10.1 Å². The van der Waals surface area contributed by atoms with Crippen LogP contribution in [0, 0.1) is 6.92 Å². The zero-order chi connectivity index (χ0) is 11.5. The summed E-state index contributed by atoms with van der Waals surface area (Å²) in [6, 6.07) is 1.92. The quantitative estimate of drug-likeness (QED) is 0.842. The zero-order valence-corrected chi connectivity index (χ0v) is 10.4. The lowest BCUT2D eigenvalue weighted by Crippen LogP contribution is -2.46. The van der Waals surface area contributed by atoms with Crippen molar-refractivity contribution in [2.45, 2.75) is 6.92 Å². The first-order valence-electron chi connectivity index (χ1n) is 5.37. The van der Waals surface area contributed by atoms with Crippen molar-refractivity contribution in [3.8, 4) is 5.75 Å². The third-order valence-corrected chi connectivity index (χ3v) is 3.66. The maximum Gasteiger partial charge on any atom is 0.267 e. The molecule has 1 amide bonds. The molecular formula is C11H16N2O2S. The van der Waals surface area contributed by atoms with Crippen LogP contribution in [0.1, 0.15) is 14.5 Å². The molecule has 0 saturated carbocycles. The van der Waals surface area contributed by atoms with Gasteiger partial charge in [0, 0.05) is 31.1 Å². The number of carbonyl (C=O) groups is 1. The van der Waals surface area contributed by atoms with Crippen molar-refractivity contribution in [2.75, 3.05) is 33.3 Å². The van der Waals surface area contributed by atoms with Crippen LogP contribution in [0.4, 0.5) is 0 Å². The number of ether oxygens (including phenoxy) is 1. The number of hydrogen-bond donors (Lipinski definition) is 1. The molecule has 1 aliphatic rings. The van der Waals surface area contributed by atoms with Crippen molar-refractivity contribution in [3.63, 3.8) is 0 Å². The second-order valence-corrected chi connectivity index (χ2v) is 5.05. The molecule has 1 saturated heterocycles. The first-order chi connectivity index (χ1) is 7.72. The van der Waals surface area contributed by atoms with Crippen LogP contribution in [0.2, 0.25) is 0 Å². The van der Waals surface area contributed by atoms with E-state index in [1.54, 1.807) is 7.11 Å². The predicted octanol–water partition coefficient (Wildman–Crippen LogP) is 1.11. The van der Waals surface area contributed by atoms with Crippen molar-refractivity contribution in [1.29, 1.82) is 0 Å². The lowest BCUT2D eigenvalue weighted by atomic mass is 10.3. The first kappa shape index (κ1) is 11.4. The molecular weight excluding hydrogens is 224 g/mol. The Morgan fingerprint density at radius 2 is 2.19 bits per heavy atom. The van der Waals surface area contributed by atoms with Gasteiger partial charge in [0.2, 0.25) is 0 Å². The number of aryl methyl sites for hydroxylation is 1. The molecule has 1 aromatic rings. The lowest BCUT2D eigenvalue weighted by molar-refractivity contribution is 0.0737. The average Bonchev–Trinajstić information content (AvgIpc) is 2.70. The van der Waals surface area contributed by atoms with Crippen molar-refractivity contribution >= 4 is 17.2 Å². The molecule has 0 bridgehead atoms. The molecule has 1 aromatic heterocycles. The van der Waals surface area contributed by atoms with Crippen molar-refractivity contribution < 1.29 is 9.53 Å². The fourth-order valence-corrected chi connectivity index (χ4v) is 2.75. The van der Waals surface area contributed by atoms with Crippen LogP contribution in [0.5, 0.6) is 5.75 Å². The van der Waals surface area contributed by atoms with Gasteiger partial charge in [-0.25, -0.2) is 0 Å². The smallest absolute Gasteiger partial charge is 0.267 e. The third kappa shape index (κ3) is 2.20. The number of hydrogen-bond acceptors (Lipinski definition) is 4. The van der Waals surface area contributed by atoms with Crippen molar-refractivity contribution in [1.82, 2.24) is 10.2 Å². The molecule has 0 aromatic carbocycles. The average molecular weight is 240 g/mol. The first-order valence-corrected chi connectivity index (χ1v) is 6.18. The minimum absolute atomic E-state index is 0.0939. The highest BCUT2D eigenvalue weighted by Gasteiger charge is 2.23. The normalized spacial score (nSPS) is 16.2. The molecule has 2 heterocycles. The molecule has 1 fully saturated rings. The van der Waals surface area contributed by atoms with E-state index in [4.69, 9.17) is 4.74 Å². The molecule has 1 aliphatic heterocycles. The molecule has 2 rings (SSSR count). The maximum atomic E-state index is 12.2. The predicted molar refractivity (Wildman–Crippen MR) is 64.4 cm³/mol. The largest absolute Gasteiger partial charge is 0.495 e. The Hall–Kier alpha value is -1.07. The molecule has 5 heteroatoms. The van der Waals surface area contributed by atoms with E-state index in [1.165, 1.54) is 11.3 Å². The van der Waals surface area contributed by atoms with E-state index < -0.39 is 0 Å². The Morgan fingerprint density at radius 1 is 1.50 bits per heavy atom. The summed E-state index contributed by atoms with van der Waals surface area (Å²) >= 11 is 1.50. The van der Waals surface area contributed by atoms with Gasteiger partial charge in [-0.2, -0.15) is 0 Å². The van der Waals surface area contributed by atoms with E-state index in [1.807, 2.05) is 17.9 Å². The van der Waals surface area contributed by atoms with Gasteiger partial charge in [-0.3, -0.25) is 4.79 Å². The highest BCUT2D eigenvalue weighted by atomic mass is 32.1. The van der Waals surface area contributed by atoms with Crippen LogP contribution in [0.3, 0.4) is 0 Å². The molecule has 0 atom stereocenters. The van der Waals surface area contributed by atoms with E-state index in [9.17, 15) is 4.79 Å². The number of nitrogens with zero attached hydrogens (tertiary/aromatic N) is 1. The van der Waals surface area contributed by atoms with Gasteiger partial charge in [0.15, 0.2) is 0 Å². The Kier molecular flexibility index (Phi) is 3.46. The number of nitrogens with one attached hydrogen (secondary N) is 1. The number of amides is 1. The zero-order valence-electron chi connectivity index (χ0n) is 9.58. The molecule has 0 spiro atoms. The summed E-state index contributed by atoms with van der Waals surface area (Å²) < 4.78 is 5.23. The summed E-state index contributed by atoms with van der Waals surface area (Å²) in [5.41, 5.74) is 0. The molecule has 1 N–H and O–H groups in total. The summed E-state index contributed by atoms with van der Waals surface area (Å²) in [6.45, 7) is 5.29. The number of methoxy groups -OCH3 is 1. The van der Waals surface area contributed by atoms with E-state index in [2.05, 4.69) is 5.32 Å². The molecule has 16 heavy (non-hydrogen) atoms. The fourth-order valence-electron chi connectivity index (χ4n) is 1.80. The molecule has 0 unspecified atom stereocenters. The van der Waals surface area contributed by atoms with Gasteiger partial charge in [0.1, 0.15) is 10.6 Å². The van der Waals surface area contributed by atoms with Gasteiger partial charge in [-0.05, 0) is 13.0 Å². The Balaban J connectivity index is 2.18. The molecule has 0 aliphatic carbocycles. The summed E-state index contributed by atoms with van der Waals surface area (Å²) in [5, 5.41) is 3.23. The van der Waals surface area contributed by atoms with E-state index in [0.717, 1.165) is 35.9 Å². The topological polar surface area (TPSA) is 41.6 Å². The number of carbonyl (C=O) groups excluding carboxylic acids is 1. The molecule has 4 nitrogen and oxygen atoms in total. The SMILES string of the molecule is COc1cc(C)sc1C(=O)N1CCNCC1. The van der Waals surface area contributed by atoms with Gasteiger partial charge in [-0.15, -0.1) is 11.3 Å². The van der Waals surface area contributed by atoms with Crippen molar-refractivity contribution in [3.05, 3.63) is 15.8 Å². The van der Waals surface area contributed by atoms with E-state index in [-0.39, 0.29) is 5.91 Å². The second-order valence-electron chi connectivity index (χ2n) is 3.80. The second kappa shape index (κ2) is 4.84.